The number of aryl methyl sites for hydroxylation is 1. The molecule has 4 nitrogen and oxygen atoms in total. The van der Waals surface area contributed by atoms with Gasteiger partial charge in [-0.15, -0.1) is 11.3 Å². The zero-order valence-electron chi connectivity index (χ0n) is 10.5. The van der Waals surface area contributed by atoms with Gasteiger partial charge in [0.1, 0.15) is 0 Å². The monoisotopic (exact) mass is 285 g/mol. The van der Waals surface area contributed by atoms with Gasteiger partial charge in [-0.05, 0) is 31.2 Å². The molecule has 0 spiro atoms. The minimum atomic E-state index is -3.11. The van der Waals surface area contributed by atoms with Gasteiger partial charge in [0, 0.05) is 11.8 Å². The van der Waals surface area contributed by atoms with Crippen LogP contribution in [0.2, 0.25) is 0 Å². The van der Waals surface area contributed by atoms with Crippen LogP contribution in [0.15, 0.2) is 4.52 Å². The van der Waals surface area contributed by atoms with Crippen LogP contribution in [0.3, 0.4) is 0 Å². The van der Waals surface area contributed by atoms with Crippen molar-refractivity contribution in [2.24, 2.45) is 0 Å². The largest absolute Gasteiger partial charge is 0.390 e. The van der Waals surface area contributed by atoms with E-state index in [0.717, 1.165) is 30.2 Å². The summed E-state index contributed by atoms with van der Waals surface area (Å²) in [6, 6.07) is 0. The molecule has 2 aromatic rings. The van der Waals surface area contributed by atoms with Crippen LogP contribution in [0.4, 0.5) is 13.8 Å². The zero-order valence-corrected chi connectivity index (χ0v) is 11.4. The minimum absolute atomic E-state index is 0.0975. The summed E-state index contributed by atoms with van der Waals surface area (Å²) in [7, 11) is 0. The Kier molecular flexibility index (Phi) is 2.63. The molecule has 19 heavy (non-hydrogen) atoms. The highest BCUT2D eigenvalue weighted by atomic mass is 32.1. The Morgan fingerprint density at radius 2 is 2.11 bits per heavy atom. The molecule has 1 aliphatic rings. The quantitative estimate of drug-likeness (QED) is 0.934. The highest BCUT2D eigenvalue weighted by Crippen LogP contribution is 2.50. The van der Waals surface area contributed by atoms with Gasteiger partial charge in [0.05, 0.1) is 10.6 Å². The first kappa shape index (κ1) is 12.5. The van der Waals surface area contributed by atoms with E-state index in [-0.39, 0.29) is 5.89 Å². The number of anilines is 1. The average Bonchev–Trinajstić information content (AvgIpc) is 2.90. The number of aromatic nitrogens is 2. The van der Waals surface area contributed by atoms with E-state index in [2.05, 4.69) is 10.1 Å². The van der Waals surface area contributed by atoms with Gasteiger partial charge < -0.3 is 10.3 Å². The van der Waals surface area contributed by atoms with Gasteiger partial charge in [-0.25, -0.2) is 0 Å². The van der Waals surface area contributed by atoms with E-state index in [0.29, 0.717) is 16.5 Å². The number of rotatable bonds is 3. The molecule has 102 valence electrons. The first-order valence-corrected chi connectivity index (χ1v) is 6.80. The van der Waals surface area contributed by atoms with Gasteiger partial charge in [0.25, 0.3) is 5.89 Å². The highest BCUT2D eigenvalue weighted by Gasteiger charge is 2.35. The van der Waals surface area contributed by atoms with Crippen molar-refractivity contribution >= 4 is 16.3 Å². The lowest BCUT2D eigenvalue weighted by Gasteiger charge is -2.02. The molecule has 2 heterocycles. The van der Waals surface area contributed by atoms with Crippen LogP contribution in [0.25, 0.3) is 11.5 Å². The summed E-state index contributed by atoms with van der Waals surface area (Å²) in [4.78, 5) is 4.89. The maximum absolute atomic E-state index is 13.1. The molecule has 0 radical (unpaired) electrons. The van der Waals surface area contributed by atoms with Crippen molar-refractivity contribution in [2.45, 2.75) is 38.5 Å². The van der Waals surface area contributed by atoms with Crippen LogP contribution in [0, 0.1) is 6.92 Å². The molecule has 1 saturated carbocycles. The molecule has 0 unspecified atom stereocenters. The molecule has 1 aliphatic carbocycles. The Bertz CT molecular complexity index is 625. The summed E-state index contributed by atoms with van der Waals surface area (Å²) in [6.45, 7) is 2.72. The van der Waals surface area contributed by atoms with E-state index in [1.54, 1.807) is 0 Å². The van der Waals surface area contributed by atoms with E-state index in [1.165, 1.54) is 11.3 Å². The van der Waals surface area contributed by atoms with Gasteiger partial charge in [-0.2, -0.15) is 13.8 Å². The fourth-order valence-corrected chi connectivity index (χ4v) is 3.18. The van der Waals surface area contributed by atoms with Crippen molar-refractivity contribution in [3.63, 3.8) is 0 Å². The summed E-state index contributed by atoms with van der Waals surface area (Å²) in [5.41, 5.74) is 7.69. The zero-order chi connectivity index (χ0) is 13.8. The van der Waals surface area contributed by atoms with Crippen molar-refractivity contribution in [1.82, 2.24) is 10.1 Å². The second-order valence-electron chi connectivity index (χ2n) is 4.90. The molecular weight excluding hydrogens is 272 g/mol. The third-order valence-electron chi connectivity index (χ3n) is 3.18. The first-order chi connectivity index (χ1) is 8.88. The van der Waals surface area contributed by atoms with Crippen molar-refractivity contribution in [3.8, 4) is 11.5 Å². The third-order valence-corrected chi connectivity index (χ3v) is 4.13. The van der Waals surface area contributed by atoms with Gasteiger partial charge in [0.15, 0.2) is 0 Å². The number of hydrogen-bond acceptors (Lipinski definition) is 5. The lowest BCUT2D eigenvalue weighted by molar-refractivity contribution is 0.00559. The first-order valence-electron chi connectivity index (χ1n) is 5.99. The molecule has 0 amide bonds. The summed E-state index contributed by atoms with van der Waals surface area (Å²) < 4.78 is 31.3. The number of halogens is 2. The van der Waals surface area contributed by atoms with E-state index in [1.807, 2.05) is 6.92 Å². The lowest BCUT2D eigenvalue weighted by atomic mass is 10.1. The number of hydrogen-bond donors (Lipinski definition) is 1. The summed E-state index contributed by atoms with van der Waals surface area (Å²) in [6.07, 6.45) is 2.18. The number of nitrogen functional groups attached to an aromatic ring is 1. The van der Waals surface area contributed by atoms with E-state index < -0.39 is 11.7 Å². The molecule has 0 aromatic carbocycles. The highest BCUT2D eigenvalue weighted by molar-refractivity contribution is 7.16. The maximum atomic E-state index is 13.1. The van der Waals surface area contributed by atoms with Crippen LogP contribution >= 0.6 is 11.3 Å². The fraction of sp³-hybridized carbons (Fsp3) is 0.500. The Morgan fingerprint density at radius 1 is 1.42 bits per heavy atom. The van der Waals surface area contributed by atoms with Gasteiger partial charge >= 0.3 is 5.92 Å². The van der Waals surface area contributed by atoms with Crippen LogP contribution in [-0.2, 0) is 5.92 Å². The molecule has 0 saturated heterocycles. The Balaban J connectivity index is 2.09. The van der Waals surface area contributed by atoms with E-state index >= 15 is 0 Å². The molecule has 7 heteroatoms. The summed E-state index contributed by atoms with van der Waals surface area (Å²) in [5.74, 6) is -3.17. The minimum Gasteiger partial charge on any atom is -0.390 e. The van der Waals surface area contributed by atoms with Crippen molar-refractivity contribution in [1.29, 1.82) is 0 Å². The summed E-state index contributed by atoms with van der Waals surface area (Å²) in [5, 5.41) is 3.90. The van der Waals surface area contributed by atoms with Crippen molar-refractivity contribution in [3.05, 3.63) is 16.3 Å². The average molecular weight is 285 g/mol. The molecule has 3 rings (SSSR count). The maximum Gasteiger partial charge on any atom is 0.307 e. The van der Waals surface area contributed by atoms with Gasteiger partial charge in [-0.3, -0.25) is 0 Å². The number of alkyl halides is 2. The standard InChI is InChI=1S/C12H13F2N3OS/c1-5-7(6-3-4-6)8(9(15)19-5)10-16-11(17-18-10)12(2,13)14/h6H,3-4,15H2,1-2H3. The predicted molar refractivity (Wildman–Crippen MR) is 68.3 cm³/mol. The topological polar surface area (TPSA) is 64.9 Å². The second-order valence-corrected chi connectivity index (χ2v) is 6.15. The normalized spacial score (nSPS) is 16.0. The smallest absolute Gasteiger partial charge is 0.307 e. The third kappa shape index (κ3) is 2.11. The van der Waals surface area contributed by atoms with E-state index in [4.69, 9.17) is 10.3 Å². The number of thiophene rings is 1. The van der Waals surface area contributed by atoms with Crippen LogP contribution in [0.5, 0.6) is 0 Å². The molecule has 0 atom stereocenters. The molecule has 0 aliphatic heterocycles. The van der Waals surface area contributed by atoms with Crippen LogP contribution in [-0.4, -0.2) is 10.1 Å². The van der Waals surface area contributed by atoms with Crippen molar-refractivity contribution < 1.29 is 13.3 Å². The Morgan fingerprint density at radius 3 is 2.63 bits per heavy atom. The number of nitrogens with two attached hydrogens (primary N) is 1. The second kappa shape index (κ2) is 4.00. The molecule has 1 fully saturated rings. The van der Waals surface area contributed by atoms with Crippen molar-refractivity contribution in [2.75, 3.05) is 5.73 Å². The lowest BCUT2D eigenvalue weighted by Crippen LogP contribution is -2.09. The predicted octanol–water partition coefficient (Wildman–Crippen LogP) is 3.68. The Hall–Kier alpha value is -1.50. The van der Waals surface area contributed by atoms with Crippen LogP contribution in [0.1, 0.15) is 41.9 Å². The molecule has 2 aromatic heterocycles. The molecular formula is C12H13F2N3OS. The van der Waals surface area contributed by atoms with Gasteiger partial charge in [-0.1, -0.05) is 5.16 Å². The van der Waals surface area contributed by atoms with Gasteiger partial charge in [0.2, 0.25) is 5.82 Å². The molecule has 0 bridgehead atoms. The summed E-state index contributed by atoms with van der Waals surface area (Å²) >= 11 is 1.44. The Labute approximate surface area is 112 Å². The van der Waals surface area contributed by atoms with Crippen LogP contribution < -0.4 is 5.73 Å². The number of nitrogens with zero attached hydrogens (tertiary/aromatic N) is 2. The fourth-order valence-electron chi connectivity index (χ4n) is 2.17. The SMILES string of the molecule is Cc1sc(N)c(-c2nc(C(C)(F)F)no2)c1C1CC1. The van der Waals surface area contributed by atoms with E-state index in [9.17, 15) is 8.78 Å². The molecule has 2 N–H and O–H groups in total.